The highest BCUT2D eigenvalue weighted by atomic mass is 32.1. The molecule has 0 atom stereocenters. The molecule has 0 unspecified atom stereocenters. The van der Waals surface area contributed by atoms with E-state index in [4.69, 9.17) is 9.52 Å². The van der Waals surface area contributed by atoms with Crippen LogP contribution in [-0.2, 0) is 4.79 Å². The third-order valence-electron chi connectivity index (χ3n) is 2.77. The second kappa shape index (κ2) is 5.30. The Kier molecular flexibility index (Phi) is 3.35. The Bertz CT molecular complexity index is 738. The maximum Gasteiger partial charge on any atom is 0.308 e. The average Bonchev–Trinajstić information content (AvgIpc) is 3.05. The second-order valence-electron chi connectivity index (χ2n) is 4.24. The van der Waals surface area contributed by atoms with Gasteiger partial charge in [-0.25, -0.2) is 4.98 Å². The van der Waals surface area contributed by atoms with Crippen molar-refractivity contribution in [3.63, 3.8) is 0 Å². The van der Waals surface area contributed by atoms with E-state index in [1.807, 2.05) is 47.9 Å². The Hall–Kier alpha value is -2.40. The molecule has 0 saturated carbocycles. The molecule has 0 radical (unpaired) electrons. The topological polar surface area (TPSA) is 63.3 Å². The molecular formula is C15H11NO3S. The Labute approximate surface area is 119 Å². The van der Waals surface area contributed by atoms with E-state index in [9.17, 15) is 4.79 Å². The molecule has 5 heteroatoms. The van der Waals surface area contributed by atoms with E-state index in [2.05, 4.69) is 4.98 Å². The fourth-order valence-corrected chi connectivity index (χ4v) is 2.59. The fourth-order valence-electron chi connectivity index (χ4n) is 1.91. The van der Waals surface area contributed by atoms with Gasteiger partial charge in [0.15, 0.2) is 5.58 Å². The summed E-state index contributed by atoms with van der Waals surface area (Å²) in [6.07, 6.45) is 1.69. The number of fused-ring (bicyclic) bond motifs is 1. The molecule has 0 aliphatic heterocycles. The number of rotatable bonds is 4. The molecule has 0 aliphatic carbocycles. The zero-order chi connectivity index (χ0) is 13.9. The van der Waals surface area contributed by atoms with Crippen LogP contribution >= 0.6 is 11.3 Å². The lowest BCUT2D eigenvalue weighted by molar-refractivity contribution is -0.135. The van der Waals surface area contributed by atoms with Gasteiger partial charge >= 0.3 is 5.97 Å². The minimum atomic E-state index is -0.907. The molecule has 0 aliphatic rings. The lowest BCUT2D eigenvalue weighted by atomic mass is 10.1. The molecule has 3 rings (SSSR count). The number of nitrogens with zero attached hydrogens (tertiary/aromatic N) is 1. The van der Waals surface area contributed by atoms with Crippen LogP contribution in [-0.4, -0.2) is 16.1 Å². The van der Waals surface area contributed by atoms with Gasteiger partial charge in [-0.2, -0.15) is 0 Å². The van der Waals surface area contributed by atoms with Gasteiger partial charge in [-0.05, 0) is 29.7 Å². The number of aliphatic carboxylic acids is 1. The van der Waals surface area contributed by atoms with E-state index in [1.165, 1.54) is 0 Å². The number of thiophene rings is 1. The molecule has 1 N–H and O–H groups in total. The summed E-state index contributed by atoms with van der Waals surface area (Å²) < 4.78 is 5.64. The van der Waals surface area contributed by atoms with Gasteiger partial charge in [0.05, 0.1) is 6.42 Å². The average molecular weight is 285 g/mol. The van der Waals surface area contributed by atoms with Crippen LogP contribution in [0.3, 0.4) is 0 Å². The summed E-state index contributed by atoms with van der Waals surface area (Å²) in [4.78, 5) is 16.3. The van der Waals surface area contributed by atoms with Crippen LogP contribution in [0, 0.1) is 0 Å². The first-order valence-corrected chi connectivity index (χ1v) is 6.92. The number of hydrogen-bond donors (Lipinski definition) is 1. The first-order chi connectivity index (χ1) is 9.72. The molecule has 2 aromatic heterocycles. The van der Waals surface area contributed by atoms with E-state index in [-0.39, 0.29) is 6.42 Å². The number of carbonyl (C=O) groups is 1. The quantitative estimate of drug-likeness (QED) is 0.789. The summed E-state index contributed by atoms with van der Waals surface area (Å²) in [5, 5.41) is 11.0. The van der Waals surface area contributed by atoms with Crippen molar-refractivity contribution in [3.05, 3.63) is 52.5 Å². The van der Waals surface area contributed by atoms with Crippen LogP contribution < -0.4 is 0 Å². The predicted octanol–water partition coefficient (Wildman–Crippen LogP) is 3.90. The van der Waals surface area contributed by atoms with Crippen LogP contribution in [0.5, 0.6) is 0 Å². The maximum atomic E-state index is 11.0. The second-order valence-corrected chi connectivity index (χ2v) is 5.22. The van der Waals surface area contributed by atoms with Gasteiger partial charge in [0.25, 0.3) is 0 Å². The summed E-state index contributed by atoms with van der Waals surface area (Å²) in [7, 11) is 0. The Morgan fingerprint density at radius 3 is 2.85 bits per heavy atom. The van der Waals surface area contributed by atoms with Crippen molar-refractivity contribution < 1.29 is 14.3 Å². The lowest BCUT2D eigenvalue weighted by Gasteiger charge is -1.98. The molecule has 0 amide bonds. The number of carboxylic acids is 1. The normalized spacial score (nSPS) is 11.9. The molecule has 100 valence electrons. The highest BCUT2D eigenvalue weighted by Gasteiger charge is 2.14. The van der Waals surface area contributed by atoms with E-state index in [1.54, 1.807) is 11.3 Å². The molecule has 2 heterocycles. The number of oxazole rings is 1. The van der Waals surface area contributed by atoms with E-state index in [0.29, 0.717) is 17.0 Å². The molecule has 0 saturated heterocycles. The summed E-state index contributed by atoms with van der Waals surface area (Å²) in [6.45, 7) is 0. The summed E-state index contributed by atoms with van der Waals surface area (Å²) in [5.41, 5.74) is 1.95. The Morgan fingerprint density at radius 2 is 2.15 bits per heavy atom. The summed E-state index contributed by atoms with van der Waals surface area (Å²) in [5.74, 6) is -0.544. The van der Waals surface area contributed by atoms with E-state index >= 15 is 0 Å². The van der Waals surface area contributed by atoms with Crippen molar-refractivity contribution in [1.82, 2.24) is 4.98 Å². The van der Waals surface area contributed by atoms with Gasteiger partial charge < -0.3 is 9.52 Å². The fraction of sp³-hybridized carbons (Fsp3) is 0.0667. The van der Waals surface area contributed by atoms with Crippen LogP contribution in [0.2, 0.25) is 0 Å². The van der Waals surface area contributed by atoms with Crippen LogP contribution in [0.25, 0.3) is 22.7 Å². The smallest absolute Gasteiger partial charge is 0.308 e. The molecule has 4 nitrogen and oxygen atoms in total. The van der Waals surface area contributed by atoms with Crippen LogP contribution in [0.4, 0.5) is 0 Å². The minimum Gasteiger partial charge on any atom is -0.481 e. The monoisotopic (exact) mass is 285 g/mol. The molecule has 1 aromatic carbocycles. The first kappa shape index (κ1) is 12.6. The van der Waals surface area contributed by atoms with Crippen molar-refractivity contribution in [3.8, 4) is 0 Å². The largest absolute Gasteiger partial charge is 0.481 e. The molecule has 0 fully saturated rings. The van der Waals surface area contributed by atoms with Crippen molar-refractivity contribution in [1.29, 1.82) is 0 Å². The lowest BCUT2D eigenvalue weighted by Crippen LogP contribution is -1.97. The Morgan fingerprint density at radius 1 is 1.30 bits per heavy atom. The number of aromatic nitrogens is 1. The van der Waals surface area contributed by atoms with Crippen molar-refractivity contribution >= 4 is 40.1 Å². The third kappa shape index (κ3) is 2.62. The molecule has 20 heavy (non-hydrogen) atoms. The number of carboxylic acid groups (broad SMARTS) is 1. The van der Waals surface area contributed by atoms with Crippen LogP contribution in [0.15, 0.2) is 46.2 Å². The molecule has 3 aromatic rings. The van der Waals surface area contributed by atoms with Crippen molar-refractivity contribution in [2.24, 2.45) is 0 Å². The van der Waals surface area contributed by atoms with Gasteiger partial charge in [0.2, 0.25) is 5.89 Å². The maximum absolute atomic E-state index is 11.0. The van der Waals surface area contributed by atoms with E-state index < -0.39 is 5.97 Å². The van der Waals surface area contributed by atoms with Gasteiger partial charge in [0.1, 0.15) is 5.52 Å². The SMILES string of the molecule is O=C(O)C/C(=C\c1cccs1)c1nc2ccccc2o1. The van der Waals surface area contributed by atoms with E-state index in [0.717, 1.165) is 10.4 Å². The standard InChI is InChI=1S/C15H11NO3S/c17-14(18)9-10(8-11-4-3-7-20-11)15-16-12-5-1-2-6-13(12)19-15/h1-8H,9H2,(H,17,18)/b10-8+. The number of hydrogen-bond acceptors (Lipinski definition) is 4. The molecular weight excluding hydrogens is 274 g/mol. The van der Waals surface area contributed by atoms with Gasteiger partial charge in [-0.3, -0.25) is 4.79 Å². The number of benzene rings is 1. The Balaban J connectivity index is 2.06. The van der Waals surface area contributed by atoms with Gasteiger partial charge in [-0.1, -0.05) is 18.2 Å². The highest BCUT2D eigenvalue weighted by molar-refractivity contribution is 7.10. The zero-order valence-electron chi connectivity index (χ0n) is 10.4. The first-order valence-electron chi connectivity index (χ1n) is 6.04. The van der Waals surface area contributed by atoms with Crippen molar-refractivity contribution in [2.75, 3.05) is 0 Å². The predicted molar refractivity (Wildman–Crippen MR) is 78.5 cm³/mol. The molecule has 0 bridgehead atoms. The third-order valence-corrected chi connectivity index (χ3v) is 3.59. The van der Waals surface area contributed by atoms with Gasteiger partial charge in [0, 0.05) is 10.5 Å². The van der Waals surface area contributed by atoms with Crippen LogP contribution in [0.1, 0.15) is 17.2 Å². The minimum absolute atomic E-state index is 0.120. The molecule has 0 spiro atoms. The van der Waals surface area contributed by atoms with Crippen molar-refractivity contribution in [2.45, 2.75) is 6.42 Å². The zero-order valence-corrected chi connectivity index (χ0v) is 11.3. The number of para-hydroxylation sites is 2. The summed E-state index contributed by atoms with van der Waals surface area (Å²) in [6, 6.07) is 11.2. The van der Waals surface area contributed by atoms with Gasteiger partial charge in [-0.15, -0.1) is 11.3 Å². The summed E-state index contributed by atoms with van der Waals surface area (Å²) >= 11 is 1.54. The highest BCUT2D eigenvalue weighted by Crippen LogP contribution is 2.26.